The average Bonchev–Trinajstić information content (AvgIpc) is 2.25. The van der Waals surface area contributed by atoms with Crippen LogP contribution in [0, 0.1) is 5.41 Å². The van der Waals surface area contributed by atoms with E-state index in [1.54, 1.807) is 6.08 Å². The molecular weight excluding hydrogens is 176 g/mol. The van der Waals surface area contributed by atoms with Crippen molar-refractivity contribution in [1.82, 2.24) is 0 Å². The molecule has 0 saturated heterocycles. The van der Waals surface area contributed by atoms with Gasteiger partial charge in [-0.15, -0.1) is 0 Å². The Morgan fingerprint density at radius 1 is 1.57 bits per heavy atom. The van der Waals surface area contributed by atoms with Gasteiger partial charge in [0.25, 0.3) is 0 Å². The maximum Gasteiger partial charge on any atom is 0.331 e. The Kier molecular flexibility index (Phi) is 3.14. The lowest BCUT2D eigenvalue weighted by atomic mass is 9.91. The fourth-order valence-electron chi connectivity index (χ4n) is 1.87. The molecule has 0 aromatic heterocycles. The van der Waals surface area contributed by atoms with Gasteiger partial charge in [-0.2, -0.15) is 0 Å². The van der Waals surface area contributed by atoms with E-state index in [0.717, 1.165) is 24.0 Å². The summed E-state index contributed by atoms with van der Waals surface area (Å²) >= 11 is 0. The summed E-state index contributed by atoms with van der Waals surface area (Å²) in [5.41, 5.74) is 2.37. The second-order valence-electron chi connectivity index (χ2n) is 4.54. The van der Waals surface area contributed by atoms with E-state index in [1.807, 2.05) is 6.92 Å². The van der Waals surface area contributed by atoms with Gasteiger partial charge in [-0.3, -0.25) is 0 Å². The zero-order valence-corrected chi connectivity index (χ0v) is 9.22. The lowest BCUT2D eigenvalue weighted by Gasteiger charge is -2.13. The number of carbonyl (C=O) groups is 1. The molecule has 0 N–H and O–H groups in total. The molecule has 0 unspecified atom stereocenters. The van der Waals surface area contributed by atoms with Crippen LogP contribution in [0.15, 0.2) is 23.8 Å². The molecule has 1 fully saturated rings. The average molecular weight is 194 g/mol. The molecule has 78 valence electrons. The smallest absolute Gasteiger partial charge is 0.331 e. The Labute approximate surface area is 85.6 Å². The first-order valence-corrected chi connectivity index (χ1v) is 5.00. The van der Waals surface area contributed by atoms with Gasteiger partial charge >= 0.3 is 5.97 Å². The van der Waals surface area contributed by atoms with Crippen LogP contribution in [0.1, 0.15) is 33.6 Å². The molecule has 0 aromatic carbocycles. The van der Waals surface area contributed by atoms with E-state index >= 15 is 0 Å². The van der Waals surface area contributed by atoms with Crippen molar-refractivity contribution in [2.45, 2.75) is 33.6 Å². The highest BCUT2D eigenvalue weighted by molar-refractivity contribution is 5.84. The van der Waals surface area contributed by atoms with Gasteiger partial charge in [0.1, 0.15) is 0 Å². The standard InChI is InChI=1S/C12H18O2/c1-5-14-11(13)6-10-8-12(3,4)7-9(10)2/h6H,2,5,7-8H2,1,3-4H3/b10-6+. The van der Waals surface area contributed by atoms with Gasteiger partial charge in [-0.05, 0) is 30.8 Å². The van der Waals surface area contributed by atoms with E-state index in [1.165, 1.54) is 0 Å². The first-order valence-electron chi connectivity index (χ1n) is 5.00. The molecule has 14 heavy (non-hydrogen) atoms. The first kappa shape index (κ1) is 11.0. The maximum atomic E-state index is 11.2. The summed E-state index contributed by atoms with van der Waals surface area (Å²) in [5, 5.41) is 0. The molecule has 0 atom stereocenters. The van der Waals surface area contributed by atoms with E-state index in [-0.39, 0.29) is 11.4 Å². The molecule has 0 aliphatic heterocycles. The normalized spacial score (nSPS) is 22.8. The fraction of sp³-hybridized carbons (Fsp3) is 0.583. The third kappa shape index (κ3) is 2.72. The van der Waals surface area contributed by atoms with Crippen molar-refractivity contribution in [3.8, 4) is 0 Å². The third-order valence-electron chi connectivity index (χ3n) is 2.39. The second kappa shape index (κ2) is 3.99. The van der Waals surface area contributed by atoms with Crippen LogP contribution in [-0.4, -0.2) is 12.6 Å². The predicted octanol–water partition coefficient (Wildman–Crippen LogP) is 2.85. The molecular formula is C12H18O2. The molecule has 1 aliphatic carbocycles. The molecule has 1 rings (SSSR count). The number of ether oxygens (including phenoxy) is 1. The molecule has 0 spiro atoms. The van der Waals surface area contributed by atoms with E-state index in [0.29, 0.717) is 6.61 Å². The van der Waals surface area contributed by atoms with Crippen LogP contribution in [0.3, 0.4) is 0 Å². The van der Waals surface area contributed by atoms with Crippen molar-refractivity contribution in [3.63, 3.8) is 0 Å². The summed E-state index contributed by atoms with van der Waals surface area (Å²) in [6.45, 7) is 10.6. The predicted molar refractivity (Wildman–Crippen MR) is 56.9 cm³/mol. The van der Waals surface area contributed by atoms with Crippen molar-refractivity contribution >= 4 is 5.97 Å². The molecule has 2 nitrogen and oxygen atoms in total. The van der Waals surface area contributed by atoms with Gasteiger partial charge in [-0.25, -0.2) is 4.79 Å². The highest BCUT2D eigenvalue weighted by atomic mass is 16.5. The Morgan fingerprint density at radius 3 is 2.64 bits per heavy atom. The molecule has 0 radical (unpaired) electrons. The summed E-state index contributed by atoms with van der Waals surface area (Å²) in [4.78, 5) is 11.2. The Hall–Kier alpha value is -1.05. The van der Waals surface area contributed by atoms with Crippen LogP contribution in [0.2, 0.25) is 0 Å². The summed E-state index contributed by atoms with van der Waals surface area (Å²) in [6, 6.07) is 0. The largest absolute Gasteiger partial charge is 0.463 e. The Bertz CT molecular complexity index is 285. The van der Waals surface area contributed by atoms with Gasteiger partial charge in [0, 0.05) is 6.08 Å². The topological polar surface area (TPSA) is 26.3 Å². The van der Waals surface area contributed by atoms with E-state index in [2.05, 4.69) is 20.4 Å². The monoisotopic (exact) mass is 194 g/mol. The first-order chi connectivity index (χ1) is 6.44. The van der Waals surface area contributed by atoms with E-state index in [9.17, 15) is 4.79 Å². The minimum atomic E-state index is -0.249. The van der Waals surface area contributed by atoms with E-state index < -0.39 is 0 Å². The quantitative estimate of drug-likeness (QED) is 0.499. The van der Waals surface area contributed by atoms with Crippen molar-refractivity contribution in [2.24, 2.45) is 5.41 Å². The zero-order chi connectivity index (χ0) is 10.8. The summed E-state index contributed by atoms with van der Waals surface area (Å²) in [5.74, 6) is -0.249. The van der Waals surface area contributed by atoms with Crippen molar-refractivity contribution in [2.75, 3.05) is 6.61 Å². The van der Waals surface area contributed by atoms with Gasteiger partial charge in [-0.1, -0.05) is 26.0 Å². The number of carbonyl (C=O) groups excluding carboxylic acids is 1. The molecule has 0 heterocycles. The molecule has 0 bridgehead atoms. The number of hydrogen-bond donors (Lipinski definition) is 0. The van der Waals surface area contributed by atoms with Gasteiger partial charge in [0.15, 0.2) is 0 Å². The van der Waals surface area contributed by atoms with Crippen molar-refractivity contribution in [3.05, 3.63) is 23.8 Å². The van der Waals surface area contributed by atoms with Crippen LogP contribution in [0.4, 0.5) is 0 Å². The second-order valence-corrected chi connectivity index (χ2v) is 4.54. The van der Waals surface area contributed by atoms with Crippen molar-refractivity contribution < 1.29 is 9.53 Å². The zero-order valence-electron chi connectivity index (χ0n) is 9.22. The molecule has 2 heteroatoms. The number of allylic oxidation sites excluding steroid dienone is 2. The fourth-order valence-corrected chi connectivity index (χ4v) is 1.87. The van der Waals surface area contributed by atoms with E-state index in [4.69, 9.17) is 4.74 Å². The van der Waals surface area contributed by atoms with Gasteiger partial charge < -0.3 is 4.74 Å². The number of hydrogen-bond acceptors (Lipinski definition) is 2. The lowest BCUT2D eigenvalue weighted by molar-refractivity contribution is -0.137. The Balaban J connectivity index is 2.70. The van der Waals surface area contributed by atoms with Crippen LogP contribution < -0.4 is 0 Å². The number of esters is 1. The van der Waals surface area contributed by atoms with Crippen molar-refractivity contribution in [1.29, 1.82) is 0 Å². The summed E-state index contributed by atoms with van der Waals surface area (Å²) < 4.78 is 4.86. The van der Waals surface area contributed by atoms with Crippen LogP contribution in [-0.2, 0) is 9.53 Å². The summed E-state index contributed by atoms with van der Waals surface area (Å²) in [6.07, 6.45) is 3.48. The lowest BCUT2D eigenvalue weighted by Crippen LogP contribution is -2.03. The molecule has 1 aliphatic rings. The van der Waals surface area contributed by atoms with Gasteiger partial charge in [0.2, 0.25) is 0 Å². The molecule has 0 amide bonds. The SMILES string of the molecule is C=C1CC(C)(C)C/C1=C\C(=O)OCC. The third-order valence-corrected chi connectivity index (χ3v) is 2.39. The van der Waals surface area contributed by atoms with Gasteiger partial charge in [0.05, 0.1) is 6.61 Å². The maximum absolute atomic E-state index is 11.2. The highest BCUT2D eigenvalue weighted by Crippen LogP contribution is 2.43. The van der Waals surface area contributed by atoms with Crippen LogP contribution in [0.25, 0.3) is 0 Å². The molecule has 1 saturated carbocycles. The molecule has 0 aromatic rings. The van der Waals surface area contributed by atoms with Crippen LogP contribution >= 0.6 is 0 Å². The van der Waals surface area contributed by atoms with Crippen LogP contribution in [0.5, 0.6) is 0 Å². The minimum Gasteiger partial charge on any atom is -0.463 e. The summed E-state index contributed by atoms with van der Waals surface area (Å²) in [7, 11) is 0. The highest BCUT2D eigenvalue weighted by Gasteiger charge is 2.29. The minimum absolute atomic E-state index is 0.245. The number of rotatable bonds is 2. The Morgan fingerprint density at radius 2 is 2.21 bits per heavy atom.